The van der Waals surface area contributed by atoms with E-state index in [4.69, 9.17) is 0 Å². The summed E-state index contributed by atoms with van der Waals surface area (Å²) in [4.78, 5) is 23.6. The summed E-state index contributed by atoms with van der Waals surface area (Å²) in [6.45, 7) is 3.84. The second kappa shape index (κ2) is 7.67. The smallest absolute Gasteiger partial charge is 0.253 e. The summed E-state index contributed by atoms with van der Waals surface area (Å²) in [6, 6.07) is 7.46. The molecular formula is C16H23N3O2. The molecule has 0 heterocycles. The van der Waals surface area contributed by atoms with Crippen LogP contribution in [0.15, 0.2) is 24.3 Å². The van der Waals surface area contributed by atoms with Crippen molar-refractivity contribution in [2.24, 2.45) is 5.92 Å². The highest BCUT2D eigenvalue weighted by Gasteiger charge is 2.28. The first kappa shape index (κ1) is 15.4. The Morgan fingerprint density at radius 1 is 1.10 bits per heavy atom. The molecule has 114 valence electrons. The van der Waals surface area contributed by atoms with Crippen LogP contribution in [0.4, 0.5) is 5.69 Å². The molecule has 1 aliphatic carbocycles. The summed E-state index contributed by atoms with van der Waals surface area (Å²) in [7, 11) is 0. The summed E-state index contributed by atoms with van der Waals surface area (Å²) in [5.41, 5.74) is 1.48. The minimum Gasteiger partial charge on any atom is -0.384 e. The molecule has 0 saturated heterocycles. The third kappa shape index (κ3) is 4.77. The monoisotopic (exact) mass is 289 g/mol. The van der Waals surface area contributed by atoms with E-state index in [2.05, 4.69) is 22.9 Å². The summed E-state index contributed by atoms with van der Waals surface area (Å²) in [5, 5.41) is 8.91. The van der Waals surface area contributed by atoms with E-state index in [1.807, 2.05) is 18.2 Å². The van der Waals surface area contributed by atoms with Gasteiger partial charge in [0.2, 0.25) is 5.91 Å². The lowest BCUT2D eigenvalue weighted by Crippen LogP contribution is -2.35. The number of rotatable bonds is 8. The molecule has 1 aromatic rings. The molecule has 0 bridgehead atoms. The molecule has 1 aliphatic rings. The third-order valence-corrected chi connectivity index (χ3v) is 3.40. The van der Waals surface area contributed by atoms with E-state index in [-0.39, 0.29) is 17.7 Å². The first-order valence-corrected chi connectivity index (χ1v) is 7.61. The van der Waals surface area contributed by atoms with E-state index < -0.39 is 0 Å². The molecule has 21 heavy (non-hydrogen) atoms. The summed E-state index contributed by atoms with van der Waals surface area (Å²) < 4.78 is 0. The maximum atomic E-state index is 12.2. The lowest BCUT2D eigenvalue weighted by molar-refractivity contribution is -0.122. The second-order valence-electron chi connectivity index (χ2n) is 5.29. The predicted molar refractivity (Wildman–Crippen MR) is 83.3 cm³/mol. The second-order valence-corrected chi connectivity index (χ2v) is 5.29. The zero-order chi connectivity index (χ0) is 15.1. The predicted octanol–water partition coefficient (Wildman–Crippen LogP) is 1.76. The number of anilines is 1. The van der Waals surface area contributed by atoms with Crippen LogP contribution < -0.4 is 16.0 Å². The Labute approximate surface area is 125 Å². The van der Waals surface area contributed by atoms with Crippen LogP contribution in [0.25, 0.3) is 0 Å². The summed E-state index contributed by atoms with van der Waals surface area (Å²) in [6.07, 6.45) is 2.99. The number of amides is 2. The quantitative estimate of drug-likeness (QED) is 0.639. The Bertz CT molecular complexity index is 498. The lowest BCUT2D eigenvalue weighted by atomic mass is 10.1. The normalized spacial score (nSPS) is 13.6. The van der Waals surface area contributed by atoms with E-state index in [0.29, 0.717) is 18.7 Å². The van der Waals surface area contributed by atoms with Crippen molar-refractivity contribution in [3.63, 3.8) is 0 Å². The van der Waals surface area contributed by atoms with Gasteiger partial charge in [0.15, 0.2) is 0 Å². The van der Waals surface area contributed by atoms with Crippen LogP contribution in [-0.4, -0.2) is 31.4 Å². The van der Waals surface area contributed by atoms with Gasteiger partial charge < -0.3 is 16.0 Å². The number of para-hydroxylation sites is 1. The van der Waals surface area contributed by atoms with Gasteiger partial charge in [-0.25, -0.2) is 0 Å². The van der Waals surface area contributed by atoms with Crippen LogP contribution in [0.5, 0.6) is 0 Å². The van der Waals surface area contributed by atoms with Crippen molar-refractivity contribution in [3.8, 4) is 0 Å². The van der Waals surface area contributed by atoms with Crippen LogP contribution in [0.2, 0.25) is 0 Å². The van der Waals surface area contributed by atoms with Crippen LogP contribution in [0, 0.1) is 5.92 Å². The molecule has 0 atom stereocenters. The SMILES string of the molecule is CCCNc1ccccc1C(=O)NCCNC(=O)C1CC1. The summed E-state index contributed by atoms with van der Waals surface area (Å²) in [5.74, 6) is 0.198. The van der Waals surface area contributed by atoms with Gasteiger partial charge in [-0.2, -0.15) is 0 Å². The number of benzene rings is 1. The summed E-state index contributed by atoms with van der Waals surface area (Å²) >= 11 is 0. The lowest BCUT2D eigenvalue weighted by Gasteiger charge is -2.12. The molecular weight excluding hydrogens is 266 g/mol. The minimum absolute atomic E-state index is 0.106. The van der Waals surface area contributed by atoms with Crippen molar-refractivity contribution in [2.45, 2.75) is 26.2 Å². The van der Waals surface area contributed by atoms with Gasteiger partial charge in [0.25, 0.3) is 5.91 Å². The molecule has 1 saturated carbocycles. The number of nitrogens with one attached hydrogen (secondary N) is 3. The van der Waals surface area contributed by atoms with Gasteiger partial charge >= 0.3 is 0 Å². The van der Waals surface area contributed by atoms with Crippen LogP contribution >= 0.6 is 0 Å². The first-order chi connectivity index (χ1) is 10.2. The van der Waals surface area contributed by atoms with Crippen LogP contribution in [0.3, 0.4) is 0 Å². The minimum atomic E-state index is -0.116. The maximum absolute atomic E-state index is 12.2. The molecule has 0 radical (unpaired) electrons. The van der Waals surface area contributed by atoms with Crippen molar-refractivity contribution in [3.05, 3.63) is 29.8 Å². The highest BCUT2D eigenvalue weighted by molar-refractivity contribution is 5.99. The standard InChI is InChI=1S/C16H23N3O2/c1-2-9-17-14-6-4-3-5-13(14)16(21)19-11-10-18-15(20)12-7-8-12/h3-6,12,17H,2,7-11H2,1H3,(H,18,20)(H,19,21). The molecule has 0 aliphatic heterocycles. The molecule has 5 nitrogen and oxygen atoms in total. The average molecular weight is 289 g/mol. The van der Waals surface area contributed by atoms with Crippen molar-refractivity contribution in [1.29, 1.82) is 0 Å². The molecule has 2 rings (SSSR count). The van der Waals surface area contributed by atoms with Crippen molar-refractivity contribution in [1.82, 2.24) is 10.6 Å². The molecule has 3 N–H and O–H groups in total. The highest BCUT2D eigenvalue weighted by atomic mass is 16.2. The Balaban J connectivity index is 1.78. The molecule has 5 heteroatoms. The molecule has 0 unspecified atom stereocenters. The Morgan fingerprint density at radius 3 is 2.52 bits per heavy atom. The van der Waals surface area contributed by atoms with Gasteiger partial charge in [-0.3, -0.25) is 9.59 Å². The first-order valence-electron chi connectivity index (χ1n) is 7.61. The van der Waals surface area contributed by atoms with E-state index in [1.54, 1.807) is 6.07 Å². The molecule has 1 fully saturated rings. The fourth-order valence-electron chi connectivity index (χ4n) is 2.04. The topological polar surface area (TPSA) is 70.2 Å². The van der Waals surface area contributed by atoms with Gasteiger partial charge in [0, 0.05) is 31.2 Å². The zero-order valence-electron chi connectivity index (χ0n) is 12.4. The van der Waals surface area contributed by atoms with Crippen molar-refractivity contribution < 1.29 is 9.59 Å². The molecule has 0 aromatic heterocycles. The van der Waals surface area contributed by atoms with E-state index in [0.717, 1.165) is 31.5 Å². The fraction of sp³-hybridized carbons (Fsp3) is 0.500. The fourth-order valence-corrected chi connectivity index (χ4v) is 2.04. The van der Waals surface area contributed by atoms with Crippen molar-refractivity contribution >= 4 is 17.5 Å². The van der Waals surface area contributed by atoms with Gasteiger partial charge in [0.05, 0.1) is 5.56 Å². The van der Waals surface area contributed by atoms with Crippen molar-refractivity contribution in [2.75, 3.05) is 25.0 Å². The van der Waals surface area contributed by atoms with Crippen LogP contribution in [-0.2, 0) is 4.79 Å². The van der Waals surface area contributed by atoms with Crippen LogP contribution in [0.1, 0.15) is 36.5 Å². The molecule has 2 amide bonds. The van der Waals surface area contributed by atoms with Gasteiger partial charge in [-0.1, -0.05) is 19.1 Å². The maximum Gasteiger partial charge on any atom is 0.253 e. The van der Waals surface area contributed by atoms with Gasteiger partial charge in [-0.05, 0) is 31.4 Å². The van der Waals surface area contributed by atoms with Gasteiger partial charge in [-0.15, -0.1) is 0 Å². The number of hydrogen-bond acceptors (Lipinski definition) is 3. The Kier molecular flexibility index (Phi) is 5.60. The molecule has 0 spiro atoms. The van der Waals surface area contributed by atoms with E-state index in [1.165, 1.54) is 0 Å². The largest absolute Gasteiger partial charge is 0.384 e. The number of hydrogen-bond donors (Lipinski definition) is 3. The van der Waals surface area contributed by atoms with E-state index >= 15 is 0 Å². The van der Waals surface area contributed by atoms with E-state index in [9.17, 15) is 9.59 Å². The molecule has 1 aromatic carbocycles. The zero-order valence-corrected chi connectivity index (χ0v) is 12.4. The Morgan fingerprint density at radius 2 is 1.81 bits per heavy atom. The number of carbonyl (C=O) groups excluding carboxylic acids is 2. The van der Waals surface area contributed by atoms with Gasteiger partial charge in [0.1, 0.15) is 0 Å². The third-order valence-electron chi connectivity index (χ3n) is 3.40. The average Bonchev–Trinajstić information content (AvgIpc) is 3.34. The Hall–Kier alpha value is -2.04. The highest BCUT2D eigenvalue weighted by Crippen LogP contribution is 2.28. The number of carbonyl (C=O) groups is 2.